The molecular formula is C35H37N5O2. The summed E-state index contributed by atoms with van der Waals surface area (Å²) < 4.78 is 5.40. The number of allylic oxidation sites excluding steroid dienone is 2. The number of pyridine rings is 2. The van der Waals surface area contributed by atoms with Crippen molar-refractivity contribution in [2.75, 3.05) is 17.7 Å². The number of anilines is 2. The Morgan fingerprint density at radius 2 is 1.69 bits per heavy atom. The molecular weight excluding hydrogens is 522 g/mol. The lowest BCUT2D eigenvalue weighted by atomic mass is 9.88. The molecule has 0 bridgehead atoms. The van der Waals surface area contributed by atoms with E-state index >= 15 is 0 Å². The second-order valence-electron chi connectivity index (χ2n) is 11.4. The van der Waals surface area contributed by atoms with Gasteiger partial charge in [0.2, 0.25) is 5.88 Å². The molecule has 1 unspecified atom stereocenters. The number of amides is 2. The van der Waals surface area contributed by atoms with Crippen LogP contribution in [0.2, 0.25) is 0 Å². The molecule has 42 heavy (non-hydrogen) atoms. The third-order valence-electron chi connectivity index (χ3n) is 7.29. The average molecular weight is 560 g/mol. The second-order valence-corrected chi connectivity index (χ2v) is 11.4. The summed E-state index contributed by atoms with van der Waals surface area (Å²) in [5.74, 6) is 1.19. The number of nitrogens with zero attached hydrogens (tertiary/aromatic N) is 2. The van der Waals surface area contributed by atoms with Crippen molar-refractivity contribution in [2.45, 2.75) is 45.6 Å². The first kappa shape index (κ1) is 28.6. The molecule has 7 heteroatoms. The van der Waals surface area contributed by atoms with Crippen LogP contribution in [0.15, 0.2) is 91.3 Å². The summed E-state index contributed by atoms with van der Waals surface area (Å²) in [6, 6.07) is 24.2. The van der Waals surface area contributed by atoms with E-state index in [1.54, 1.807) is 13.3 Å². The highest BCUT2D eigenvalue weighted by Crippen LogP contribution is 2.35. The number of rotatable bonds is 7. The number of fused-ring (bicyclic) bond motifs is 1. The summed E-state index contributed by atoms with van der Waals surface area (Å²) in [7, 11) is 1.54. The molecule has 0 spiro atoms. The van der Waals surface area contributed by atoms with E-state index in [2.05, 4.69) is 84.0 Å². The second kappa shape index (κ2) is 12.3. The largest absolute Gasteiger partial charge is 0.480 e. The lowest BCUT2D eigenvalue weighted by Gasteiger charge is -2.22. The van der Waals surface area contributed by atoms with Crippen molar-refractivity contribution < 1.29 is 9.53 Å². The monoisotopic (exact) mass is 559 g/mol. The molecule has 1 aliphatic rings. The van der Waals surface area contributed by atoms with Crippen LogP contribution in [0.1, 0.15) is 68.0 Å². The number of hydrogen-bond donors (Lipinski definition) is 3. The Morgan fingerprint density at radius 3 is 2.43 bits per heavy atom. The zero-order valence-electron chi connectivity index (χ0n) is 24.7. The van der Waals surface area contributed by atoms with Gasteiger partial charge >= 0.3 is 6.03 Å². The molecule has 0 fully saturated rings. The lowest BCUT2D eigenvalue weighted by molar-refractivity contribution is 0.255. The fourth-order valence-corrected chi connectivity index (χ4v) is 4.94. The number of urea groups is 1. The van der Waals surface area contributed by atoms with E-state index in [0.29, 0.717) is 18.0 Å². The Morgan fingerprint density at radius 1 is 0.952 bits per heavy atom. The van der Waals surface area contributed by atoms with E-state index in [0.717, 1.165) is 39.3 Å². The van der Waals surface area contributed by atoms with Gasteiger partial charge in [-0.1, -0.05) is 87.5 Å². The minimum atomic E-state index is -0.355. The highest BCUT2D eigenvalue weighted by Gasteiger charge is 2.21. The molecule has 5 rings (SSSR count). The van der Waals surface area contributed by atoms with Crippen LogP contribution >= 0.6 is 0 Å². The molecule has 214 valence electrons. The van der Waals surface area contributed by atoms with Crippen molar-refractivity contribution in [2.24, 2.45) is 0 Å². The molecule has 4 aromatic rings. The van der Waals surface area contributed by atoms with E-state index in [1.807, 2.05) is 60.8 Å². The van der Waals surface area contributed by atoms with Crippen LogP contribution in [0.25, 0.3) is 17.3 Å². The summed E-state index contributed by atoms with van der Waals surface area (Å²) in [6.07, 6.45) is 8.50. The average Bonchev–Trinajstić information content (AvgIpc) is 2.98. The third kappa shape index (κ3) is 6.69. The van der Waals surface area contributed by atoms with Gasteiger partial charge in [0.05, 0.1) is 7.11 Å². The van der Waals surface area contributed by atoms with E-state index in [9.17, 15) is 4.79 Å². The zero-order chi connectivity index (χ0) is 29.7. The number of nitrogens with one attached hydrogen (secondary N) is 3. The Kier molecular flexibility index (Phi) is 8.38. The van der Waals surface area contributed by atoms with Crippen molar-refractivity contribution in [1.82, 2.24) is 15.3 Å². The van der Waals surface area contributed by atoms with Crippen LogP contribution in [0.5, 0.6) is 5.88 Å². The first-order valence-corrected chi connectivity index (χ1v) is 14.1. The molecule has 2 amide bonds. The number of carbonyl (C=O) groups is 1. The van der Waals surface area contributed by atoms with Gasteiger partial charge in [-0.25, -0.2) is 14.8 Å². The van der Waals surface area contributed by atoms with E-state index in [4.69, 9.17) is 4.74 Å². The lowest BCUT2D eigenvalue weighted by Crippen LogP contribution is -2.29. The Hall–Kier alpha value is -4.91. The first-order valence-electron chi connectivity index (χ1n) is 14.1. The van der Waals surface area contributed by atoms with E-state index in [-0.39, 0.29) is 17.5 Å². The van der Waals surface area contributed by atoms with Gasteiger partial charge in [0, 0.05) is 29.7 Å². The van der Waals surface area contributed by atoms with Gasteiger partial charge in [-0.05, 0) is 64.8 Å². The Bertz CT molecular complexity index is 1640. The van der Waals surface area contributed by atoms with Gasteiger partial charge in [-0.15, -0.1) is 0 Å². The fraction of sp³-hybridized carbons (Fsp3) is 0.229. The molecule has 1 atom stereocenters. The molecule has 0 radical (unpaired) electrons. The molecule has 0 aliphatic heterocycles. The molecule has 0 saturated heterocycles. The van der Waals surface area contributed by atoms with Crippen LogP contribution in [0.4, 0.5) is 16.3 Å². The third-order valence-corrected chi connectivity index (χ3v) is 7.29. The van der Waals surface area contributed by atoms with Crippen LogP contribution in [0.3, 0.4) is 0 Å². The number of ether oxygens (including phenoxy) is 1. The Labute approximate surface area is 247 Å². The fourth-order valence-electron chi connectivity index (χ4n) is 4.94. The van der Waals surface area contributed by atoms with E-state index in [1.165, 1.54) is 5.56 Å². The maximum Gasteiger partial charge on any atom is 0.323 e. The van der Waals surface area contributed by atoms with Crippen molar-refractivity contribution in [3.63, 3.8) is 0 Å². The van der Waals surface area contributed by atoms with Gasteiger partial charge in [0.25, 0.3) is 0 Å². The number of methoxy groups -OCH3 is 1. The smallest absolute Gasteiger partial charge is 0.323 e. The number of carbonyl (C=O) groups excluding carboxylic acids is 1. The molecule has 1 aliphatic carbocycles. The standard InChI is InChI=1S/C35H37N5O2/c1-23(25-11-7-6-8-12-25)38-32-20-24(17-18-36-32)19-26-15-16-30(29-14-10-9-13-28(26)29)39-34(41)40-31-21-27(35(2,3)4)22-37-33(31)42-5/h6-14,16-23H,15H2,1-5H3,(H,36,38)(H2,39,40,41). The quantitative estimate of drug-likeness (QED) is 0.213. The maximum absolute atomic E-state index is 13.1. The van der Waals surface area contributed by atoms with Crippen molar-refractivity contribution in [1.29, 1.82) is 0 Å². The van der Waals surface area contributed by atoms with E-state index < -0.39 is 0 Å². The summed E-state index contributed by atoms with van der Waals surface area (Å²) in [6.45, 7) is 8.43. The van der Waals surface area contributed by atoms with Crippen molar-refractivity contribution in [3.05, 3.63) is 119 Å². The number of benzene rings is 2. The van der Waals surface area contributed by atoms with Gasteiger partial charge in [-0.3, -0.25) is 0 Å². The summed E-state index contributed by atoms with van der Waals surface area (Å²) in [5.41, 5.74) is 7.62. The molecule has 7 nitrogen and oxygen atoms in total. The topological polar surface area (TPSA) is 88.2 Å². The molecule has 3 N–H and O–H groups in total. The highest BCUT2D eigenvalue weighted by atomic mass is 16.5. The summed E-state index contributed by atoms with van der Waals surface area (Å²) in [5, 5.41) is 9.48. The first-order chi connectivity index (χ1) is 20.2. The molecule has 2 heterocycles. The number of aromatic nitrogens is 2. The number of hydrogen-bond acceptors (Lipinski definition) is 5. The highest BCUT2D eigenvalue weighted by molar-refractivity contribution is 5.99. The van der Waals surface area contributed by atoms with Crippen molar-refractivity contribution in [3.8, 4) is 5.88 Å². The van der Waals surface area contributed by atoms with Crippen LogP contribution in [0, 0.1) is 0 Å². The molecule has 2 aromatic carbocycles. The normalized spacial score (nSPS) is 14.4. The summed E-state index contributed by atoms with van der Waals surface area (Å²) >= 11 is 0. The Balaban J connectivity index is 1.34. The zero-order valence-corrected chi connectivity index (χ0v) is 24.7. The molecule has 2 aromatic heterocycles. The molecule has 0 saturated carbocycles. The van der Waals surface area contributed by atoms with Gasteiger partial charge < -0.3 is 20.7 Å². The van der Waals surface area contributed by atoms with Crippen molar-refractivity contribution >= 4 is 34.9 Å². The van der Waals surface area contributed by atoms with Gasteiger partial charge in [-0.2, -0.15) is 0 Å². The predicted octanol–water partition coefficient (Wildman–Crippen LogP) is 8.06. The summed E-state index contributed by atoms with van der Waals surface area (Å²) in [4.78, 5) is 22.1. The van der Waals surface area contributed by atoms with Crippen LogP contribution < -0.4 is 20.7 Å². The minimum absolute atomic E-state index is 0.120. The van der Waals surface area contributed by atoms with Gasteiger partial charge in [0.15, 0.2) is 0 Å². The van der Waals surface area contributed by atoms with Crippen LogP contribution in [-0.2, 0) is 5.41 Å². The van der Waals surface area contributed by atoms with Gasteiger partial charge in [0.1, 0.15) is 11.5 Å². The van der Waals surface area contributed by atoms with Crippen LogP contribution in [-0.4, -0.2) is 23.1 Å². The minimum Gasteiger partial charge on any atom is -0.480 e. The SMILES string of the molecule is COc1ncc(C(C)(C)C)cc1NC(=O)NC1=CCC(=Cc2ccnc(NC(C)c3ccccc3)c2)c2ccccc21. The predicted molar refractivity (Wildman–Crippen MR) is 171 cm³/mol. The maximum atomic E-state index is 13.1.